The van der Waals surface area contributed by atoms with E-state index in [0.29, 0.717) is 19.6 Å². The van der Waals surface area contributed by atoms with Crippen LogP contribution in [0.15, 0.2) is 18.2 Å². The summed E-state index contributed by atoms with van der Waals surface area (Å²) in [5.74, 6) is 0.986. The van der Waals surface area contributed by atoms with Crippen LogP contribution in [0.25, 0.3) is 0 Å². The maximum absolute atomic E-state index is 11.6. The molecule has 0 aromatic heterocycles. The number of methoxy groups -OCH3 is 1. The standard InChI is InChI=1S/C14H18O4/c1-16-7-8-17-10-18-12-5-6-13-11(9-12)3-2-4-14(13)15/h5-6,9H,2-4,7-8,10H2,1H3. The quantitative estimate of drug-likeness (QED) is 0.573. The Morgan fingerprint density at radius 2 is 2.11 bits per heavy atom. The summed E-state index contributed by atoms with van der Waals surface area (Å²) in [6.07, 6.45) is 2.54. The van der Waals surface area contributed by atoms with Gasteiger partial charge in [-0.1, -0.05) is 0 Å². The molecule has 4 nitrogen and oxygen atoms in total. The van der Waals surface area contributed by atoms with Gasteiger partial charge in [-0.2, -0.15) is 0 Å². The largest absolute Gasteiger partial charge is 0.468 e. The normalized spacial score (nSPS) is 14.4. The first-order valence-corrected chi connectivity index (χ1v) is 6.17. The minimum Gasteiger partial charge on any atom is -0.468 e. The molecule has 1 aromatic rings. The molecule has 0 amide bonds. The summed E-state index contributed by atoms with van der Waals surface area (Å²) in [5, 5.41) is 0. The van der Waals surface area contributed by atoms with Gasteiger partial charge in [0.25, 0.3) is 0 Å². The average Bonchev–Trinajstić information content (AvgIpc) is 2.39. The molecule has 1 aliphatic rings. The maximum Gasteiger partial charge on any atom is 0.189 e. The van der Waals surface area contributed by atoms with E-state index in [0.717, 1.165) is 29.7 Å². The molecule has 18 heavy (non-hydrogen) atoms. The van der Waals surface area contributed by atoms with Crippen LogP contribution in [-0.4, -0.2) is 32.9 Å². The number of hydrogen-bond acceptors (Lipinski definition) is 4. The van der Waals surface area contributed by atoms with Crippen molar-refractivity contribution in [2.24, 2.45) is 0 Å². The highest BCUT2D eigenvalue weighted by Gasteiger charge is 2.17. The number of carbonyl (C=O) groups excluding carboxylic acids is 1. The van der Waals surface area contributed by atoms with E-state index in [-0.39, 0.29) is 12.6 Å². The number of rotatable bonds is 6. The topological polar surface area (TPSA) is 44.8 Å². The Morgan fingerprint density at radius 1 is 1.22 bits per heavy atom. The zero-order valence-corrected chi connectivity index (χ0v) is 10.6. The van der Waals surface area contributed by atoms with Crippen LogP contribution in [-0.2, 0) is 15.9 Å². The van der Waals surface area contributed by atoms with Crippen molar-refractivity contribution < 1.29 is 19.0 Å². The molecular formula is C14H18O4. The lowest BCUT2D eigenvalue weighted by Crippen LogP contribution is -2.11. The van der Waals surface area contributed by atoms with Crippen molar-refractivity contribution in [1.29, 1.82) is 0 Å². The zero-order chi connectivity index (χ0) is 12.8. The number of Topliss-reactive ketones (excluding diaryl/α,β-unsaturated/α-hetero) is 1. The Morgan fingerprint density at radius 3 is 2.94 bits per heavy atom. The van der Waals surface area contributed by atoms with Gasteiger partial charge in [0.15, 0.2) is 12.6 Å². The van der Waals surface area contributed by atoms with Crippen molar-refractivity contribution in [3.05, 3.63) is 29.3 Å². The molecule has 0 aliphatic heterocycles. The van der Waals surface area contributed by atoms with Gasteiger partial charge >= 0.3 is 0 Å². The van der Waals surface area contributed by atoms with Crippen molar-refractivity contribution in [2.75, 3.05) is 27.1 Å². The molecule has 0 heterocycles. The lowest BCUT2D eigenvalue weighted by Gasteiger charge is -2.15. The Bertz CT molecular complexity index is 414. The van der Waals surface area contributed by atoms with E-state index in [2.05, 4.69) is 0 Å². The van der Waals surface area contributed by atoms with Gasteiger partial charge in [0.1, 0.15) is 5.75 Å². The van der Waals surface area contributed by atoms with E-state index in [9.17, 15) is 4.79 Å². The number of ether oxygens (including phenoxy) is 3. The summed E-state index contributed by atoms with van der Waals surface area (Å²) < 4.78 is 15.6. The van der Waals surface area contributed by atoms with Crippen LogP contribution in [0, 0.1) is 0 Å². The van der Waals surface area contributed by atoms with Crippen LogP contribution < -0.4 is 4.74 Å². The van der Waals surface area contributed by atoms with E-state index in [1.54, 1.807) is 7.11 Å². The Balaban J connectivity index is 1.88. The van der Waals surface area contributed by atoms with Gasteiger partial charge in [0.05, 0.1) is 13.2 Å². The van der Waals surface area contributed by atoms with Gasteiger partial charge in [0, 0.05) is 19.1 Å². The monoisotopic (exact) mass is 250 g/mol. The first-order valence-electron chi connectivity index (χ1n) is 6.17. The summed E-state index contributed by atoms with van der Waals surface area (Å²) in [5.41, 5.74) is 1.93. The minimum atomic E-state index is 0.204. The smallest absolute Gasteiger partial charge is 0.189 e. The van der Waals surface area contributed by atoms with Crippen molar-refractivity contribution in [2.45, 2.75) is 19.3 Å². The van der Waals surface area contributed by atoms with Crippen LogP contribution in [0.1, 0.15) is 28.8 Å². The molecular weight excluding hydrogens is 232 g/mol. The maximum atomic E-state index is 11.6. The second-order valence-corrected chi connectivity index (χ2v) is 4.26. The molecule has 4 heteroatoms. The summed E-state index contributed by atoms with van der Waals surface area (Å²) in [6.45, 7) is 1.28. The molecule has 0 N–H and O–H groups in total. The Labute approximate surface area is 107 Å². The fraction of sp³-hybridized carbons (Fsp3) is 0.500. The number of fused-ring (bicyclic) bond motifs is 1. The number of hydrogen-bond donors (Lipinski definition) is 0. The molecule has 0 unspecified atom stereocenters. The van der Waals surface area contributed by atoms with Crippen molar-refractivity contribution in [3.63, 3.8) is 0 Å². The van der Waals surface area contributed by atoms with Gasteiger partial charge in [-0.3, -0.25) is 4.79 Å². The van der Waals surface area contributed by atoms with Crippen molar-refractivity contribution in [3.8, 4) is 5.75 Å². The van der Waals surface area contributed by atoms with Gasteiger partial charge < -0.3 is 14.2 Å². The Kier molecular flexibility index (Phi) is 4.73. The molecule has 0 fully saturated rings. The highest BCUT2D eigenvalue weighted by molar-refractivity contribution is 5.98. The molecule has 1 aliphatic carbocycles. The van der Waals surface area contributed by atoms with Gasteiger partial charge in [-0.25, -0.2) is 0 Å². The molecule has 0 radical (unpaired) electrons. The lowest BCUT2D eigenvalue weighted by atomic mass is 9.91. The SMILES string of the molecule is COCCOCOc1ccc2c(c1)CCCC2=O. The second-order valence-electron chi connectivity index (χ2n) is 4.26. The third kappa shape index (κ3) is 3.31. The minimum absolute atomic E-state index is 0.204. The van der Waals surface area contributed by atoms with Crippen LogP contribution in [0.4, 0.5) is 0 Å². The summed E-state index contributed by atoms with van der Waals surface area (Å²) in [6, 6.07) is 5.61. The summed E-state index contributed by atoms with van der Waals surface area (Å²) in [4.78, 5) is 11.6. The van der Waals surface area contributed by atoms with Crippen molar-refractivity contribution >= 4 is 5.78 Å². The molecule has 2 rings (SSSR count). The Hall–Kier alpha value is -1.39. The van der Waals surface area contributed by atoms with E-state index in [1.807, 2.05) is 18.2 Å². The van der Waals surface area contributed by atoms with Gasteiger partial charge in [-0.05, 0) is 36.6 Å². The number of ketones is 1. The third-order valence-electron chi connectivity index (χ3n) is 2.97. The fourth-order valence-electron chi connectivity index (χ4n) is 2.02. The first-order chi connectivity index (χ1) is 8.81. The van der Waals surface area contributed by atoms with Crippen LogP contribution in [0.5, 0.6) is 5.75 Å². The summed E-state index contributed by atoms with van der Waals surface area (Å²) in [7, 11) is 1.63. The van der Waals surface area contributed by atoms with E-state index in [1.165, 1.54) is 0 Å². The van der Waals surface area contributed by atoms with E-state index >= 15 is 0 Å². The number of aryl methyl sites for hydroxylation is 1. The average molecular weight is 250 g/mol. The molecule has 98 valence electrons. The van der Waals surface area contributed by atoms with Gasteiger partial charge in [0.2, 0.25) is 0 Å². The molecule has 0 spiro atoms. The molecule has 0 saturated carbocycles. The van der Waals surface area contributed by atoms with Crippen LogP contribution in [0.2, 0.25) is 0 Å². The van der Waals surface area contributed by atoms with E-state index in [4.69, 9.17) is 14.2 Å². The fourth-order valence-corrected chi connectivity index (χ4v) is 2.02. The predicted molar refractivity (Wildman–Crippen MR) is 67.0 cm³/mol. The highest BCUT2D eigenvalue weighted by Crippen LogP contribution is 2.25. The second kappa shape index (κ2) is 6.52. The third-order valence-corrected chi connectivity index (χ3v) is 2.97. The number of carbonyl (C=O) groups is 1. The lowest BCUT2D eigenvalue weighted by molar-refractivity contribution is -0.00850. The number of benzene rings is 1. The van der Waals surface area contributed by atoms with Crippen molar-refractivity contribution in [1.82, 2.24) is 0 Å². The molecule has 0 saturated heterocycles. The molecule has 0 bridgehead atoms. The van der Waals surface area contributed by atoms with Gasteiger partial charge in [-0.15, -0.1) is 0 Å². The molecule has 0 atom stereocenters. The predicted octanol–water partition coefficient (Wildman–Crippen LogP) is 2.20. The summed E-state index contributed by atoms with van der Waals surface area (Å²) >= 11 is 0. The first kappa shape index (κ1) is 13.1. The molecule has 1 aromatic carbocycles. The highest BCUT2D eigenvalue weighted by atomic mass is 16.7. The van der Waals surface area contributed by atoms with Crippen LogP contribution in [0.3, 0.4) is 0 Å². The van der Waals surface area contributed by atoms with E-state index < -0.39 is 0 Å². The zero-order valence-electron chi connectivity index (χ0n) is 10.6. The van der Waals surface area contributed by atoms with Crippen LogP contribution >= 0.6 is 0 Å².